The van der Waals surface area contributed by atoms with Crippen molar-refractivity contribution in [1.29, 1.82) is 0 Å². The van der Waals surface area contributed by atoms with Gasteiger partial charge in [-0.2, -0.15) is 0 Å². The molecule has 0 aliphatic rings. The molecule has 3 rings (SSSR count). The molecule has 2 N–H and O–H groups in total. The van der Waals surface area contributed by atoms with Crippen molar-refractivity contribution >= 4 is 23.5 Å². The lowest BCUT2D eigenvalue weighted by molar-refractivity contribution is -0.149. The molecule has 6 heteroatoms. The summed E-state index contributed by atoms with van der Waals surface area (Å²) in [7, 11) is 0. The van der Waals surface area contributed by atoms with Crippen LogP contribution in [0, 0.1) is 0 Å². The summed E-state index contributed by atoms with van der Waals surface area (Å²) < 4.78 is 5.38. The van der Waals surface area contributed by atoms with Gasteiger partial charge in [0.25, 0.3) is 11.8 Å². The number of benzene rings is 3. The zero-order valence-electron chi connectivity index (χ0n) is 21.3. The van der Waals surface area contributed by atoms with Gasteiger partial charge in [0.1, 0.15) is 6.04 Å². The van der Waals surface area contributed by atoms with Crippen molar-refractivity contribution < 1.29 is 19.1 Å². The van der Waals surface area contributed by atoms with Crippen molar-refractivity contribution in [1.82, 2.24) is 5.32 Å². The van der Waals surface area contributed by atoms with Crippen LogP contribution in [-0.2, 0) is 20.7 Å². The number of hydrogen-bond donors (Lipinski definition) is 2. The van der Waals surface area contributed by atoms with E-state index in [1.165, 1.54) is 0 Å². The molecule has 6 nitrogen and oxygen atoms in total. The lowest BCUT2D eigenvalue weighted by atomic mass is 9.92. The first-order valence-corrected chi connectivity index (χ1v) is 12.3. The van der Waals surface area contributed by atoms with Gasteiger partial charge >= 0.3 is 5.97 Å². The summed E-state index contributed by atoms with van der Waals surface area (Å²) in [5.74, 6) is -1.05. The molecule has 0 bridgehead atoms. The molecular formula is C30H34N2O4. The Morgan fingerprint density at radius 1 is 0.750 bits per heavy atom. The molecule has 3 aromatic rings. The molecule has 1 unspecified atom stereocenters. The third-order valence-electron chi connectivity index (χ3n) is 5.89. The first-order valence-electron chi connectivity index (χ1n) is 12.3. The lowest BCUT2D eigenvalue weighted by Crippen LogP contribution is -2.44. The highest BCUT2D eigenvalue weighted by molar-refractivity contribution is 5.98. The molecule has 2 amide bonds. The minimum atomic E-state index is -0.943. The summed E-state index contributed by atoms with van der Waals surface area (Å²) >= 11 is 0. The molecule has 0 fully saturated rings. The Kier molecular flexibility index (Phi) is 9.39. The number of carbonyl (C=O) groups is 3. The van der Waals surface area contributed by atoms with Crippen molar-refractivity contribution in [2.75, 3.05) is 11.9 Å². The van der Waals surface area contributed by atoms with Gasteiger partial charge in [0.05, 0.1) is 0 Å². The second kappa shape index (κ2) is 12.7. The predicted octanol–water partition coefficient (Wildman–Crippen LogP) is 5.46. The standard InChI is InChI=1S/C30H34N2O4/c1-20(2)24-16-11-17-25(21(3)4)28(24)32-27(33)19-36-30(35)26(18-22-12-7-5-8-13-22)31-29(34)23-14-9-6-10-15-23/h5-17,20-21,26H,18-19H2,1-4H3,(H,31,34)(H,32,33). The summed E-state index contributed by atoms with van der Waals surface area (Å²) in [6.45, 7) is 7.82. The van der Waals surface area contributed by atoms with E-state index in [9.17, 15) is 14.4 Å². The number of carbonyl (C=O) groups excluding carboxylic acids is 3. The second-order valence-corrected chi connectivity index (χ2v) is 9.36. The number of anilines is 1. The molecule has 0 aliphatic carbocycles. The van der Waals surface area contributed by atoms with Crippen molar-refractivity contribution in [3.63, 3.8) is 0 Å². The molecule has 36 heavy (non-hydrogen) atoms. The Morgan fingerprint density at radius 3 is 1.86 bits per heavy atom. The van der Waals surface area contributed by atoms with E-state index >= 15 is 0 Å². The Labute approximate surface area is 213 Å². The molecular weight excluding hydrogens is 452 g/mol. The van der Waals surface area contributed by atoms with Gasteiger partial charge in [-0.25, -0.2) is 4.79 Å². The third-order valence-corrected chi connectivity index (χ3v) is 5.89. The number of ether oxygens (including phenoxy) is 1. The first-order chi connectivity index (χ1) is 17.3. The van der Waals surface area contributed by atoms with E-state index in [4.69, 9.17) is 4.74 Å². The zero-order valence-corrected chi connectivity index (χ0v) is 21.3. The zero-order chi connectivity index (χ0) is 26.1. The fourth-order valence-electron chi connectivity index (χ4n) is 3.98. The SMILES string of the molecule is CC(C)c1cccc(C(C)C)c1NC(=O)COC(=O)C(Cc1ccccc1)NC(=O)c1ccccc1. The Bertz CT molecular complexity index is 1150. The average Bonchev–Trinajstić information content (AvgIpc) is 2.87. The van der Waals surface area contributed by atoms with Crippen LogP contribution in [0.4, 0.5) is 5.69 Å². The van der Waals surface area contributed by atoms with Gasteiger partial charge < -0.3 is 15.4 Å². The minimum Gasteiger partial charge on any atom is -0.454 e. The molecule has 0 aliphatic heterocycles. The maximum Gasteiger partial charge on any atom is 0.329 e. The summed E-state index contributed by atoms with van der Waals surface area (Å²) in [5.41, 5.74) is 4.12. The van der Waals surface area contributed by atoms with Crippen LogP contribution in [0.1, 0.15) is 66.6 Å². The van der Waals surface area contributed by atoms with E-state index < -0.39 is 24.5 Å². The van der Waals surface area contributed by atoms with Crippen LogP contribution < -0.4 is 10.6 Å². The fourth-order valence-corrected chi connectivity index (χ4v) is 3.98. The summed E-state index contributed by atoms with van der Waals surface area (Å²) in [5, 5.41) is 5.71. The van der Waals surface area contributed by atoms with Crippen LogP contribution >= 0.6 is 0 Å². The monoisotopic (exact) mass is 486 g/mol. The lowest BCUT2D eigenvalue weighted by Gasteiger charge is -2.21. The summed E-state index contributed by atoms with van der Waals surface area (Å²) in [6, 6.07) is 23.1. The quantitative estimate of drug-likeness (QED) is 0.373. The first kappa shape index (κ1) is 26.7. The molecule has 0 saturated carbocycles. The normalized spacial score (nSPS) is 11.7. The molecule has 0 aromatic heterocycles. The molecule has 0 saturated heterocycles. The molecule has 0 heterocycles. The van der Waals surface area contributed by atoms with Gasteiger partial charge in [0, 0.05) is 17.7 Å². The highest BCUT2D eigenvalue weighted by atomic mass is 16.5. The van der Waals surface area contributed by atoms with Crippen LogP contribution in [0.3, 0.4) is 0 Å². The average molecular weight is 487 g/mol. The van der Waals surface area contributed by atoms with Crippen molar-refractivity contribution in [3.8, 4) is 0 Å². The smallest absolute Gasteiger partial charge is 0.329 e. The van der Waals surface area contributed by atoms with Crippen LogP contribution in [0.5, 0.6) is 0 Å². The van der Waals surface area contributed by atoms with E-state index in [2.05, 4.69) is 38.3 Å². The molecule has 3 aromatic carbocycles. The van der Waals surface area contributed by atoms with Crippen LogP contribution in [-0.4, -0.2) is 30.4 Å². The van der Waals surface area contributed by atoms with E-state index in [0.717, 1.165) is 22.4 Å². The number of para-hydroxylation sites is 1. The highest BCUT2D eigenvalue weighted by Gasteiger charge is 2.25. The van der Waals surface area contributed by atoms with Gasteiger partial charge in [0.2, 0.25) is 0 Å². The Morgan fingerprint density at radius 2 is 1.31 bits per heavy atom. The number of amides is 2. The highest BCUT2D eigenvalue weighted by Crippen LogP contribution is 2.32. The van der Waals surface area contributed by atoms with E-state index in [-0.39, 0.29) is 24.2 Å². The molecule has 0 spiro atoms. The number of esters is 1. The van der Waals surface area contributed by atoms with Crippen molar-refractivity contribution in [2.24, 2.45) is 0 Å². The van der Waals surface area contributed by atoms with Crippen LogP contribution in [0.2, 0.25) is 0 Å². The summed E-state index contributed by atoms with van der Waals surface area (Å²) in [6.07, 6.45) is 0.244. The Hall–Kier alpha value is -3.93. The second-order valence-electron chi connectivity index (χ2n) is 9.36. The maximum atomic E-state index is 13.0. The van der Waals surface area contributed by atoms with Crippen LogP contribution in [0.15, 0.2) is 78.9 Å². The van der Waals surface area contributed by atoms with Gasteiger partial charge in [-0.15, -0.1) is 0 Å². The third kappa shape index (κ3) is 7.28. The van der Waals surface area contributed by atoms with Gasteiger partial charge in [-0.3, -0.25) is 9.59 Å². The van der Waals surface area contributed by atoms with Crippen molar-refractivity contribution in [2.45, 2.75) is 52.0 Å². The molecule has 1 atom stereocenters. The van der Waals surface area contributed by atoms with Crippen molar-refractivity contribution in [3.05, 3.63) is 101 Å². The number of nitrogens with one attached hydrogen (secondary N) is 2. The molecule has 0 radical (unpaired) electrons. The van der Waals surface area contributed by atoms with Crippen LogP contribution in [0.25, 0.3) is 0 Å². The largest absolute Gasteiger partial charge is 0.454 e. The van der Waals surface area contributed by atoms with E-state index in [1.807, 2.05) is 54.6 Å². The summed E-state index contributed by atoms with van der Waals surface area (Å²) in [4.78, 5) is 38.6. The van der Waals surface area contributed by atoms with Gasteiger partial charge in [0.15, 0.2) is 6.61 Å². The minimum absolute atomic E-state index is 0.213. The van der Waals surface area contributed by atoms with Gasteiger partial charge in [-0.1, -0.05) is 94.4 Å². The number of hydrogen-bond acceptors (Lipinski definition) is 4. The Balaban J connectivity index is 1.71. The van der Waals surface area contributed by atoms with E-state index in [0.29, 0.717) is 5.56 Å². The fraction of sp³-hybridized carbons (Fsp3) is 0.300. The van der Waals surface area contributed by atoms with E-state index in [1.54, 1.807) is 24.3 Å². The number of rotatable bonds is 10. The predicted molar refractivity (Wildman–Crippen MR) is 142 cm³/mol. The maximum absolute atomic E-state index is 13.0. The topological polar surface area (TPSA) is 84.5 Å². The van der Waals surface area contributed by atoms with Gasteiger partial charge in [-0.05, 0) is 40.7 Å². The molecule has 188 valence electrons.